The molecule has 0 aliphatic heterocycles. The molecule has 0 amide bonds. The number of rotatable bonds is 0. The van der Waals surface area contributed by atoms with Crippen LogP contribution in [0.3, 0.4) is 0 Å². The minimum absolute atomic E-state index is 0.0417. The first-order valence-electron chi connectivity index (χ1n) is 9.15. The Hall–Kier alpha value is -6.36. The summed E-state index contributed by atoms with van der Waals surface area (Å²) in [7, 11) is 0. The molecule has 4 aromatic heterocycles. The number of hydrogen-bond acceptors (Lipinski definition) is 18. The number of H-pyrrole nitrogens is 6. The highest BCUT2D eigenvalue weighted by Gasteiger charge is 2.11. The first-order valence-corrected chi connectivity index (χ1v) is 9.15. The molecular formula is C12H30N24+6. The van der Waals surface area contributed by atoms with Crippen LogP contribution < -0.4 is 98.7 Å². The van der Waals surface area contributed by atoms with Gasteiger partial charge in [-0.1, -0.05) is 9.97 Å². The minimum atomic E-state index is 0.0417. The number of nitrogens with two attached hydrogens (primary N) is 12. The molecule has 24 heteroatoms. The third-order valence-electron chi connectivity index (χ3n) is 2.99. The highest BCUT2D eigenvalue weighted by molar-refractivity contribution is 5.33. The van der Waals surface area contributed by atoms with E-state index < -0.39 is 0 Å². The van der Waals surface area contributed by atoms with Crippen LogP contribution in [0.15, 0.2) is 0 Å². The molecule has 0 unspecified atom stereocenters. The average molecular weight is 511 g/mol. The van der Waals surface area contributed by atoms with Gasteiger partial charge in [-0.25, -0.2) is 16.5 Å². The molecule has 0 spiro atoms. The van der Waals surface area contributed by atoms with Crippen molar-refractivity contribution in [3.63, 3.8) is 0 Å². The molecular weight excluding hydrogens is 480 g/mol. The topological polar surface area (TPSA) is 474 Å². The number of aromatic nitrogens is 12. The van der Waals surface area contributed by atoms with Gasteiger partial charge >= 0.3 is 53.5 Å². The van der Waals surface area contributed by atoms with Crippen molar-refractivity contribution in [3.05, 3.63) is 0 Å². The van der Waals surface area contributed by atoms with Crippen LogP contribution in [0.2, 0.25) is 0 Å². The molecule has 4 aromatic rings. The van der Waals surface area contributed by atoms with Crippen LogP contribution in [-0.4, -0.2) is 29.9 Å². The Kier molecular flexibility index (Phi) is 9.70. The molecule has 4 rings (SSSR count). The molecule has 0 aliphatic rings. The Labute approximate surface area is 200 Å². The largest absolute Gasteiger partial charge is 0.498 e. The van der Waals surface area contributed by atoms with Gasteiger partial charge in [0, 0.05) is 4.98 Å². The molecule has 4 heterocycles. The third kappa shape index (κ3) is 11.3. The van der Waals surface area contributed by atoms with E-state index in [1.54, 1.807) is 0 Å². The summed E-state index contributed by atoms with van der Waals surface area (Å²) in [5.74, 6) is 2.19. The van der Waals surface area contributed by atoms with Gasteiger partial charge in [0.2, 0.25) is 17.8 Å². The van der Waals surface area contributed by atoms with Gasteiger partial charge in [-0.2, -0.15) is 24.9 Å². The van der Waals surface area contributed by atoms with Crippen LogP contribution in [-0.2, 0) is 0 Å². The number of hydrogen-bond donors (Lipinski definition) is 12. The SMILES string of the molecule is Nc1[nH+]c(N)[nH+]c(N)[nH+]1.Nc1nc(N)[nH+]c(N)[nH+]1.Nc1nc(N)[nH+]c(N)n1.Nc1nc(N)nc(N)n1. The van der Waals surface area contributed by atoms with Gasteiger partial charge in [-0.3, -0.25) is 11.5 Å². The van der Waals surface area contributed by atoms with Crippen molar-refractivity contribution in [2.75, 3.05) is 68.8 Å². The van der Waals surface area contributed by atoms with Crippen molar-refractivity contribution in [1.82, 2.24) is 29.9 Å². The molecule has 0 atom stereocenters. The average Bonchev–Trinajstić information content (AvgIpc) is 2.64. The summed E-state index contributed by atoms with van der Waals surface area (Å²) in [6.07, 6.45) is 0. The number of nitrogens with zero attached hydrogens (tertiary/aromatic N) is 6. The fraction of sp³-hybridized carbons (Fsp3) is 0. The normalized spacial score (nSPS) is 9.33. The second kappa shape index (κ2) is 12.6. The Morgan fingerprint density at radius 2 is 0.528 bits per heavy atom. The second-order valence-electron chi connectivity index (χ2n) is 6.05. The summed E-state index contributed by atoms with van der Waals surface area (Å²) in [6.45, 7) is 0. The maximum Gasteiger partial charge on any atom is 0.498 e. The van der Waals surface area contributed by atoms with E-state index in [9.17, 15) is 0 Å². The Balaban J connectivity index is 0.000000240. The molecule has 0 radical (unpaired) electrons. The number of nitrogen functional groups attached to an aromatic ring is 12. The zero-order valence-corrected chi connectivity index (χ0v) is 18.6. The van der Waals surface area contributed by atoms with Gasteiger partial charge in [-0.05, 0) is 0 Å². The van der Waals surface area contributed by atoms with Crippen molar-refractivity contribution in [2.24, 2.45) is 0 Å². The summed E-state index contributed by atoms with van der Waals surface area (Å²) >= 11 is 0. The van der Waals surface area contributed by atoms with Crippen LogP contribution in [0.1, 0.15) is 0 Å². The molecule has 0 aromatic carbocycles. The number of anilines is 12. The lowest BCUT2D eigenvalue weighted by Gasteiger charge is -1.93. The smallest absolute Gasteiger partial charge is 0.368 e. The molecule has 0 aliphatic carbocycles. The van der Waals surface area contributed by atoms with Gasteiger partial charge in [0.15, 0.2) is 0 Å². The highest BCUT2D eigenvalue weighted by atomic mass is 15.2. The van der Waals surface area contributed by atoms with E-state index in [2.05, 4.69) is 59.8 Å². The first-order chi connectivity index (χ1) is 16.7. The summed E-state index contributed by atoms with van der Waals surface area (Å²) in [5, 5.41) is 0. The maximum atomic E-state index is 5.27. The molecule has 0 fully saturated rings. The second-order valence-corrected chi connectivity index (χ2v) is 6.05. The summed E-state index contributed by atoms with van der Waals surface area (Å²) in [6, 6.07) is 0. The summed E-state index contributed by atoms with van der Waals surface area (Å²) in [5.41, 5.74) is 62.4. The lowest BCUT2D eigenvalue weighted by molar-refractivity contribution is -0.606. The van der Waals surface area contributed by atoms with E-state index in [0.717, 1.165) is 0 Å². The van der Waals surface area contributed by atoms with E-state index in [4.69, 9.17) is 68.8 Å². The zero-order chi connectivity index (χ0) is 27.4. The minimum Gasteiger partial charge on any atom is -0.368 e. The van der Waals surface area contributed by atoms with Crippen LogP contribution in [0.5, 0.6) is 0 Å². The van der Waals surface area contributed by atoms with Crippen molar-refractivity contribution < 1.29 is 29.9 Å². The highest BCUT2D eigenvalue weighted by Crippen LogP contribution is 1.97. The maximum absolute atomic E-state index is 5.27. The van der Waals surface area contributed by atoms with Gasteiger partial charge in [0.1, 0.15) is 0 Å². The van der Waals surface area contributed by atoms with Crippen LogP contribution in [0.25, 0.3) is 0 Å². The molecule has 192 valence electrons. The molecule has 30 N–H and O–H groups in total. The first kappa shape index (κ1) is 27.7. The van der Waals surface area contributed by atoms with E-state index >= 15 is 0 Å². The predicted octanol–water partition coefficient (Wildman–Crippen LogP) is -9.01. The molecule has 36 heavy (non-hydrogen) atoms. The Morgan fingerprint density at radius 3 is 0.806 bits per heavy atom. The van der Waals surface area contributed by atoms with Gasteiger partial charge < -0.3 is 45.9 Å². The predicted molar refractivity (Wildman–Crippen MR) is 125 cm³/mol. The van der Waals surface area contributed by atoms with Gasteiger partial charge in [0.05, 0.1) is 0 Å². The number of nitrogens with one attached hydrogen (secondary N) is 6. The van der Waals surface area contributed by atoms with E-state index in [-0.39, 0.29) is 47.6 Å². The van der Waals surface area contributed by atoms with Crippen LogP contribution in [0, 0.1) is 0 Å². The lowest BCUT2D eigenvalue weighted by atomic mass is 10.9. The van der Waals surface area contributed by atoms with E-state index in [0.29, 0.717) is 23.8 Å². The van der Waals surface area contributed by atoms with Crippen molar-refractivity contribution in [2.45, 2.75) is 0 Å². The molecule has 0 saturated heterocycles. The van der Waals surface area contributed by atoms with Crippen molar-refractivity contribution in [3.8, 4) is 0 Å². The quantitative estimate of drug-likeness (QED) is 0.104. The fourth-order valence-electron chi connectivity index (χ4n) is 1.91. The monoisotopic (exact) mass is 510 g/mol. The van der Waals surface area contributed by atoms with Gasteiger partial charge in [0.25, 0.3) is 0 Å². The van der Waals surface area contributed by atoms with Crippen molar-refractivity contribution >= 4 is 71.4 Å². The third-order valence-corrected chi connectivity index (χ3v) is 2.99. The molecule has 24 nitrogen and oxygen atoms in total. The Morgan fingerprint density at radius 1 is 0.278 bits per heavy atom. The fourth-order valence-corrected chi connectivity index (χ4v) is 1.91. The standard InChI is InChI=1S/4C3H6N6/c4*4-1-7-2(5)9-3(6)8-1/h4*(H6,4,5,6,7,8,9)/p+6. The number of aromatic amines is 6. The van der Waals surface area contributed by atoms with Crippen LogP contribution >= 0.6 is 0 Å². The van der Waals surface area contributed by atoms with E-state index in [1.165, 1.54) is 0 Å². The van der Waals surface area contributed by atoms with E-state index in [1.807, 2.05) is 0 Å². The zero-order valence-electron chi connectivity index (χ0n) is 18.6. The lowest BCUT2D eigenvalue weighted by Crippen LogP contribution is -2.38. The summed E-state index contributed by atoms with van der Waals surface area (Å²) in [4.78, 5) is 36.4. The molecule has 0 bridgehead atoms. The summed E-state index contributed by atoms with van der Waals surface area (Å²) < 4.78 is 0. The van der Waals surface area contributed by atoms with Crippen molar-refractivity contribution in [1.29, 1.82) is 0 Å². The van der Waals surface area contributed by atoms with Gasteiger partial charge in [-0.15, -0.1) is 15.0 Å². The molecule has 0 saturated carbocycles. The van der Waals surface area contributed by atoms with Crippen LogP contribution in [0.4, 0.5) is 71.4 Å². The Bertz CT molecular complexity index is 874.